The van der Waals surface area contributed by atoms with Gasteiger partial charge < -0.3 is 10.6 Å². The highest BCUT2D eigenvalue weighted by Crippen LogP contribution is 2.13. The lowest BCUT2D eigenvalue weighted by Gasteiger charge is -2.27. The van der Waals surface area contributed by atoms with Gasteiger partial charge in [0.15, 0.2) is 0 Å². The van der Waals surface area contributed by atoms with Crippen LogP contribution in [-0.4, -0.2) is 28.6 Å². The Morgan fingerprint density at radius 2 is 1.82 bits per heavy atom. The fraction of sp³-hybridized carbons (Fsp3) is 0.692. The minimum Gasteiger partial charge on any atom is -0.338 e. The molecule has 0 aliphatic rings. The van der Waals surface area contributed by atoms with Crippen molar-refractivity contribution in [3.05, 3.63) is 18.0 Å². The van der Waals surface area contributed by atoms with Crippen molar-refractivity contribution in [2.75, 3.05) is 11.4 Å². The van der Waals surface area contributed by atoms with E-state index < -0.39 is 0 Å². The molecule has 1 aromatic rings. The second-order valence-corrected chi connectivity index (χ2v) is 4.62. The largest absolute Gasteiger partial charge is 0.338 e. The summed E-state index contributed by atoms with van der Waals surface area (Å²) < 4.78 is 0. The Kier molecular flexibility index (Phi) is 5.35. The number of hydrogen-bond donors (Lipinski definition) is 1. The molecule has 0 saturated carbocycles. The number of hydrogen-bond acceptors (Lipinski definition) is 4. The summed E-state index contributed by atoms with van der Waals surface area (Å²) >= 11 is 0. The first-order valence-corrected chi connectivity index (χ1v) is 6.41. The van der Waals surface area contributed by atoms with Gasteiger partial charge >= 0.3 is 0 Å². The van der Waals surface area contributed by atoms with E-state index in [9.17, 15) is 0 Å². The average Bonchev–Trinajstić information content (AvgIpc) is 2.31. The van der Waals surface area contributed by atoms with Crippen molar-refractivity contribution in [1.82, 2.24) is 9.97 Å². The molecule has 1 heterocycles. The van der Waals surface area contributed by atoms with Crippen LogP contribution in [0.2, 0.25) is 0 Å². The van der Waals surface area contributed by atoms with Gasteiger partial charge in [-0.2, -0.15) is 0 Å². The van der Waals surface area contributed by atoms with Gasteiger partial charge in [0.05, 0.1) is 0 Å². The van der Waals surface area contributed by atoms with Gasteiger partial charge in [0.1, 0.15) is 0 Å². The minimum atomic E-state index is 0.154. The zero-order valence-corrected chi connectivity index (χ0v) is 11.3. The molecule has 96 valence electrons. The summed E-state index contributed by atoms with van der Waals surface area (Å²) in [4.78, 5) is 11.1. The van der Waals surface area contributed by atoms with Gasteiger partial charge in [0, 0.05) is 31.0 Å². The Labute approximate surface area is 104 Å². The normalized spacial score (nSPS) is 14.4. The molecule has 0 bridgehead atoms. The molecule has 0 radical (unpaired) electrons. The summed E-state index contributed by atoms with van der Waals surface area (Å²) in [7, 11) is 0. The highest BCUT2D eigenvalue weighted by molar-refractivity contribution is 5.31. The molecule has 1 aromatic heterocycles. The monoisotopic (exact) mass is 236 g/mol. The molecule has 0 spiro atoms. The molecule has 4 heteroatoms. The third-order valence-electron chi connectivity index (χ3n) is 2.97. The van der Waals surface area contributed by atoms with Crippen molar-refractivity contribution >= 4 is 5.95 Å². The lowest BCUT2D eigenvalue weighted by Crippen LogP contribution is -2.33. The second kappa shape index (κ2) is 6.55. The van der Waals surface area contributed by atoms with E-state index in [1.807, 2.05) is 19.3 Å². The van der Waals surface area contributed by atoms with Crippen LogP contribution in [0, 0.1) is 0 Å². The van der Waals surface area contributed by atoms with Gasteiger partial charge in [0.2, 0.25) is 5.95 Å². The molecule has 2 atom stereocenters. The quantitative estimate of drug-likeness (QED) is 0.820. The zero-order valence-electron chi connectivity index (χ0n) is 11.3. The SMILES string of the molecule is CCC(C)N(CC)c1ncc(CC(C)N)cn1. The number of nitrogens with two attached hydrogens (primary N) is 1. The highest BCUT2D eigenvalue weighted by Gasteiger charge is 2.13. The van der Waals surface area contributed by atoms with Crippen molar-refractivity contribution in [3.8, 4) is 0 Å². The summed E-state index contributed by atoms with van der Waals surface area (Å²) in [5.74, 6) is 0.815. The minimum absolute atomic E-state index is 0.154. The van der Waals surface area contributed by atoms with Gasteiger partial charge in [-0.15, -0.1) is 0 Å². The van der Waals surface area contributed by atoms with Crippen LogP contribution in [0.4, 0.5) is 5.95 Å². The van der Waals surface area contributed by atoms with E-state index in [1.165, 1.54) is 0 Å². The molecule has 0 saturated heterocycles. The summed E-state index contributed by atoms with van der Waals surface area (Å²) in [6.07, 6.45) is 5.70. The van der Waals surface area contributed by atoms with Crippen LogP contribution in [0.3, 0.4) is 0 Å². The van der Waals surface area contributed by atoms with E-state index in [4.69, 9.17) is 5.73 Å². The standard InChI is InChI=1S/C13H24N4/c1-5-11(4)17(6-2)13-15-8-12(9-16-13)7-10(3)14/h8-11H,5-7,14H2,1-4H3. The van der Waals surface area contributed by atoms with Gasteiger partial charge in [-0.05, 0) is 39.2 Å². The Morgan fingerprint density at radius 1 is 1.24 bits per heavy atom. The van der Waals surface area contributed by atoms with E-state index in [-0.39, 0.29) is 6.04 Å². The molecule has 0 aromatic carbocycles. The van der Waals surface area contributed by atoms with Crippen molar-refractivity contribution < 1.29 is 0 Å². The summed E-state index contributed by atoms with van der Waals surface area (Å²) in [6.45, 7) is 9.43. The van der Waals surface area contributed by atoms with Crippen LogP contribution in [0.25, 0.3) is 0 Å². The van der Waals surface area contributed by atoms with E-state index in [0.717, 1.165) is 30.9 Å². The van der Waals surface area contributed by atoms with E-state index in [2.05, 4.69) is 35.6 Å². The predicted octanol–water partition coefficient (Wildman–Crippen LogP) is 1.99. The van der Waals surface area contributed by atoms with Crippen LogP contribution >= 0.6 is 0 Å². The molecule has 0 aliphatic carbocycles. The third kappa shape index (κ3) is 3.97. The summed E-state index contributed by atoms with van der Waals surface area (Å²) in [5, 5.41) is 0. The molecule has 0 aliphatic heterocycles. The number of aromatic nitrogens is 2. The first-order chi connectivity index (χ1) is 8.08. The average molecular weight is 236 g/mol. The molecule has 4 nitrogen and oxygen atoms in total. The number of anilines is 1. The van der Waals surface area contributed by atoms with Crippen LogP contribution in [0.5, 0.6) is 0 Å². The molecule has 2 unspecified atom stereocenters. The van der Waals surface area contributed by atoms with Crippen molar-refractivity contribution in [2.45, 2.75) is 52.6 Å². The first kappa shape index (κ1) is 13.9. The van der Waals surface area contributed by atoms with Gasteiger partial charge in [-0.1, -0.05) is 6.92 Å². The molecule has 0 fully saturated rings. The van der Waals surface area contributed by atoms with E-state index in [0.29, 0.717) is 6.04 Å². The topological polar surface area (TPSA) is 55.0 Å². The van der Waals surface area contributed by atoms with Gasteiger partial charge in [-0.25, -0.2) is 9.97 Å². The molecule has 2 N–H and O–H groups in total. The van der Waals surface area contributed by atoms with Crippen LogP contribution in [0.15, 0.2) is 12.4 Å². The van der Waals surface area contributed by atoms with Crippen LogP contribution in [-0.2, 0) is 6.42 Å². The van der Waals surface area contributed by atoms with Crippen molar-refractivity contribution in [1.29, 1.82) is 0 Å². The number of nitrogens with zero attached hydrogens (tertiary/aromatic N) is 3. The fourth-order valence-electron chi connectivity index (χ4n) is 1.84. The Balaban J connectivity index is 2.77. The molecule has 1 rings (SSSR count). The maximum atomic E-state index is 5.75. The van der Waals surface area contributed by atoms with Crippen LogP contribution < -0.4 is 10.6 Å². The maximum absolute atomic E-state index is 5.75. The van der Waals surface area contributed by atoms with E-state index in [1.54, 1.807) is 0 Å². The van der Waals surface area contributed by atoms with Crippen molar-refractivity contribution in [3.63, 3.8) is 0 Å². The molecular weight excluding hydrogens is 212 g/mol. The number of rotatable bonds is 6. The van der Waals surface area contributed by atoms with E-state index >= 15 is 0 Å². The molecular formula is C13H24N4. The lowest BCUT2D eigenvalue weighted by atomic mass is 10.1. The Bertz CT molecular complexity index is 321. The third-order valence-corrected chi connectivity index (χ3v) is 2.97. The highest BCUT2D eigenvalue weighted by atomic mass is 15.3. The molecule has 0 amide bonds. The second-order valence-electron chi connectivity index (χ2n) is 4.62. The fourth-order valence-corrected chi connectivity index (χ4v) is 1.84. The van der Waals surface area contributed by atoms with Crippen LogP contribution in [0.1, 0.15) is 39.7 Å². The Hall–Kier alpha value is -1.16. The summed E-state index contributed by atoms with van der Waals surface area (Å²) in [6, 6.07) is 0.626. The predicted molar refractivity (Wildman–Crippen MR) is 72.2 cm³/mol. The maximum Gasteiger partial charge on any atom is 0.225 e. The summed E-state index contributed by atoms with van der Waals surface area (Å²) in [5.41, 5.74) is 6.85. The zero-order chi connectivity index (χ0) is 12.8. The van der Waals surface area contributed by atoms with Crippen molar-refractivity contribution in [2.24, 2.45) is 5.73 Å². The Morgan fingerprint density at radius 3 is 2.24 bits per heavy atom. The van der Waals surface area contributed by atoms with Gasteiger partial charge in [0.25, 0.3) is 0 Å². The smallest absolute Gasteiger partial charge is 0.225 e. The lowest BCUT2D eigenvalue weighted by molar-refractivity contribution is 0.613. The molecule has 17 heavy (non-hydrogen) atoms. The van der Waals surface area contributed by atoms with Gasteiger partial charge in [-0.3, -0.25) is 0 Å². The first-order valence-electron chi connectivity index (χ1n) is 6.41.